The lowest BCUT2D eigenvalue weighted by Crippen LogP contribution is -2.34. The van der Waals surface area contributed by atoms with Gasteiger partial charge in [-0.05, 0) is 67.0 Å². The molecule has 0 aromatic heterocycles. The number of hydrogen-bond donors (Lipinski definition) is 1. The van der Waals surface area contributed by atoms with Crippen LogP contribution in [0.3, 0.4) is 0 Å². The minimum Gasteiger partial charge on any atom is -0.314 e. The third-order valence-electron chi connectivity index (χ3n) is 5.87. The van der Waals surface area contributed by atoms with E-state index < -0.39 is 0 Å². The number of rotatable bonds is 7. The number of nitrogens with one attached hydrogen (secondary N) is 1. The third-order valence-corrected chi connectivity index (χ3v) is 5.87. The van der Waals surface area contributed by atoms with E-state index in [2.05, 4.69) is 50.4 Å². The van der Waals surface area contributed by atoms with E-state index >= 15 is 0 Å². The summed E-state index contributed by atoms with van der Waals surface area (Å²) in [7, 11) is 0. The molecule has 0 heterocycles. The zero-order valence-corrected chi connectivity index (χ0v) is 13.9. The van der Waals surface area contributed by atoms with Gasteiger partial charge in [0.15, 0.2) is 0 Å². The van der Waals surface area contributed by atoms with Crippen molar-refractivity contribution in [3.8, 4) is 0 Å². The minimum atomic E-state index is 0.737. The highest BCUT2D eigenvalue weighted by Crippen LogP contribution is 2.61. The maximum absolute atomic E-state index is 3.88. The highest BCUT2D eigenvalue weighted by molar-refractivity contribution is 5.40. The first kappa shape index (κ1) is 15.1. The zero-order valence-electron chi connectivity index (χ0n) is 13.9. The van der Waals surface area contributed by atoms with Crippen molar-refractivity contribution in [2.75, 3.05) is 6.54 Å². The fourth-order valence-corrected chi connectivity index (χ4v) is 4.47. The number of benzene rings is 1. The molecule has 21 heavy (non-hydrogen) atoms. The largest absolute Gasteiger partial charge is 0.314 e. The predicted octanol–water partition coefficient (Wildman–Crippen LogP) is 4.77. The molecule has 0 amide bonds. The third kappa shape index (κ3) is 3.04. The van der Waals surface area contributed by atoms with Gasteiger partial charge in [-0.3, -0.25) is 0 Å². The predicted molar refractivity (Wildman–Crippen MR) is 90.6 cm³/mol. The summed E-state index contributed by atoms with van der Waals surface area (Å²) in [4.78, 5) is 0. The van der Waals surface area contributed by atoms with Crippen molar-refractivity contribution < 1.29 is 0 Å². The van der Waals surface area contributed by atoms with Crippen LogP contribution in [0.15, 0.2) is 24.3 Å². The maximum atomic E-state index is 3.88. The van der Waals surface area contributed by atoms with Crippen molar-refractivity contribution in [2.24, 2.45) is 17.8 Å². The normalized spacial score (nSPS) is 29.4. The number of fused-ring (bicyclic) bond motifs is 3. The second-order valence-electron chi connectivity index (χ2n) is 7.31. The van der Waals surface area contributed by atoms with Gasteiger partial charge in [0.25, 0.3) is 0 Å². The molecular weight excluding hydrogens is 254 g/mol. The van der Waals surface area contributed by atoms with Crippen molar-refractivity contribution >= 4 is 0 Å². The van der Waals surface area contributed by atoms with E-state index in [1.165, 1.54) is 38.6 Å². The van der Waals surface area contributed by atoms with E-state index in [-0.39, 0.29) is 0 Å². The molecule has 1 nitrogen and oxygen atoms in total. The molecule has 0 saturated heterocycles. The topological polar surface area (TPSA) is 12.0 Å². The quantitative estimate of drug-likeness (QED) is 0.761. The smallest absolute Gasteiger partial charge is 0.0107 e. The van der Waals surface area contributed by atoms with Crippen LogP contribution in [0.5, 0.6) is 0 Å². The summed E-state index contributed by atoms with van der Waals surface area (Å²) in [5.74, 6) is 3.55. The van der Waals surface area contributed by atoms with E-state index in [1.54, 1.807) is 11.1 Å². The van der Waals surface area contributed by atoms with Gasteiger partial charge in [-0.25, -0.2) is 0 Å². The van der Waals surface area contributed by atoms with Crippen molar-refractivity contribution in [3.05, 3.63) is 35.4 Å². The van der Waals surface area contributed by atoms with Gasteiger partial charge in [-0.2, -0.15) is 0 Å². The van der Waals surface area contributed by atoms with Gasteiger partial charge in [-0.15, -0.1) is 0 Å². The first-order valence-electron chi connectivity index (χ1n) is 9.07. The van der Waals surface area contributed by atoms with Crippen molar-refractivity contribution in [3.63, 3.8) is 0 Å². The molecule has 0 bridgehead atoms. The van der Waals surface area contributed by atoms with Gasteiger partial charge in [0.1, 0.15) is 0 Å². The standard InChI is InChI=1S/C20H31N/c1-4-12-21-18(13-14(3)5-2)20-17-11-10-15-8-6-7-9-16(15)19(17)20/h6-9,14,17-21H,4-5,10-13H2,1-3H3. The Hall–Kier alpha value is -0.820. The SMILES string of the molecule is CCCNC(CC(C)CC)C1C2CCc3ccccc3C21. The number of hydrogen-bond acceptors (Lipinski definition) is 1. The summed E-state index contributed by atoms with van der Waals surface area (Å²) in [6, 6.07) is 9.93. The molecule has 3 rings (SSSR count). The van der Waals surface area contributed by atoms with Crippen LogP contribution in [0.4, 0.5) is 0 Å². The fourth-order valence-electron chi connectivity index (χ4n) is 4.47. The molecule has 1 saturated carbocycles. The van der Waals surface area contributed by atoms with Crippen LogP contribution in [0.2, 0.25) is 0 Å². The fraction of sp³-hybridized carbons (Fsp3) is 0.700. The average molecular weight is 285 g/mol. The summed E-state index contributed by atoms with van der Waals surface area (Å²) >= 11 is 0. The molecule has 1 aromatic carbocycles. The first-order chi connectivity index (χ1) is 10.3. The van der Waals surface area contributed by atoms with Crippen LogP contribution < -0.4 is 5.32 Å². The van der Waals surface area contributed by atoms with Gasteiger partial charge in [0.05, 0.1) is 0 Å². The molecule has 1 N–H and O–H groups in total. The molecule has 0 spiro atoms. The molecule has 1 fully saturated rings. The minimum absolute atomic E-state index is 0.737. The van der Waals surface area contributed by atoms with E-state index in [0.717, 1.165) is 29.7 Å². The maximum Gasteiger partial charge on any atom is 0.0107 e. The molecule has 5 unspecified atom stereocenters. The highest BCUT2D eigenvalue weighted by atomic mass is 14.9. The van der Waals surface area contributed by atoms with Crippen LogP contribution in [0.1, 0.15) is 63.5 Å². The summed E-state index contributed by atoms with van der Waals surface area (Å²) in [6.45, 7) is 8.21. The summed E-state index contributed by atoms with van der Waals surface area (Å²) in [6.07, 6.45) is 6.63. The Kier molecular flexibility index (Phi) is 4.69. The second-order valence-corrected chi connectivity index (χ2v) is 7.31. The number of aryl methyl sites for hydroxylation is 1. The lowest BCUT2D eigenvalue weighted by atomic mass is 9.92. The van der Waals surface area contributed by atoms with Crippen molar-refractivity contribution in [1.29, 1.82) is 0 Å². The van der Waals surface area contributed by atoms with Crippen LogP contribution >= 0.6 is 0 Å². The Morgan fingerprint density at radius 3 is 2.81 bits per heavy atom. The zero-order chi connectivity index (χ0) is 14.8. The van der Waals surface area contributed by atoms with Gasteiger partial charge < -0.3 is 5.32 Å². The van der Waals surface area contributed by atoms with E-state index in [4.69, 9.17) is 0 Å². The van der Waals surface area contributed by atoms with Crippen LogP contribution in [0, 0.1) is 17.8 Å². The molecule has 1 heteroatoms. The Bertz CT molecular complexity index is 467. The van der Waals surface area contributed by atoms with Crippen LogP contribution in [-0.2, 0) is 6.42 Å². The van der Waals surface area contributed by atoms with E-state index in [0.29, 0.717) is 0 Å². The Labute approximate surface area is 130 Å². The first-order valence-corrected chi connectivity index (χ1v) is 9.07. The summed E-state index contributed by atoms with van der Waals surface area (Å²) < 4.78 is 0. The summed E-state index contributed by atoms with van der Waals surface area (Å²) in [5, 5.41) is 3.88. The van der Waals surface area contributed by atoms with Crippen LogP contribution in [0.25, 0.3) is 0 Å². The Morgan fingerprint density at radius 2 is 2.05 bits per heavy atom. The molecule has 0 radical (unpaired) electrons. The molecule has 2 aliphatic carbocycles. The van der Waals surface area contributed by atoms with E-state index in [1.807, 2.05) is 0 Å². The van der Waals surface area contributed by atoms with Crippen molar-refractivity contribution in [1.82, 2.24) is 5.32 Å². The van der Waals surface area contributed by atoms with Gasteiger partial charge in [0, 0.05) is 6.04 Å². The van der Waals surface area contributed by atoms with Crippen LogP contribution in [-0.4, -0.2) is 12.6 Å². The second kappa shape index (κ2) is 6.52. The molecule has 116 valence electrons. The van der Waals surface area contributed by atoms with Gasteiger partial charge in [-0.1, -0.05) is 51.5 Å². The summed E-state index contributed by atoms with van der Waals surface area (Å²) in [5.41, 5.74) is 3.30. The molecule has 0 aliphatic heterocycles. The monoisotopic (exact) mass is 285 g/mol. The lowest BCUT2D eigenvalue weighted by Gasteiger charge is -2.22. The van der Waals surface area contributed by atoms with E-state index in [9.17, 15) is 0 Å². The molecule has 2 aliphatic rings. The van der Waals surface area contributed by atoms with Gasteiger partial charge in [0.2, 0.25) is 0 Å². The highest BCUT2D eigenvalue weighted by Gasteiger charge is 2.55. The van der Waals surface area contributed by atoms with Crippen molar-refractivity contribution in [2.45, 2.75) is 64.8 Å². The lowest BCUT2D eigenvalue weighted by molar-refractivity contribution is 0.349. The molecular formula is C20H31N. The average Bonchev–Trinajstić information content (AvgIpc) is 3.26. The Balaban J connectivity index is 1.73. The Morgan fingerprint density at radius 1 is 1.24 bits per heavy atom. The van der Waals surface area contributed by atoms with Gasteiger partial charge >= 0.3 is 0 Å². The molecule has 1 aromatic rings. The molecule has 5 atom stereocenters.